The van der Waals surface area contributed by atoms with Crippen LogP contribution in [-0.2, 0) is 9.59 Å². The number of allylic oxidation sites excluding steroid dienone is 2. The Hall–Kier alpha value is -1.92. The monoisotopic (exact) mass is 361 g/mol. The smallest absolute Gasteiger partial charge is 0.327 e. The first-order valence-corrected chi connectivity index (χ1v) is 8.77. The van der Waals surface area contributed by atoms with Crippen molar-refractivity contribution in [2.24, 2.45) is 5.92 Å². The van der Waals surface area contributed by atoms with Crippen LogP contribution in [0.25, 0.3) is 6.08 Å². The number of carboxylic acids is 1. The maximum atomic E-state index is 12.6. The molecule has 126 valence electrons. The predicted octanol–water partition coefficient (Wildman–Crippen LogP) is 3.94. The summed E-state index contributed by atoms with van der Waals surface area (Å²) < 4.78 is 0.292. The minimum Gasteiger partial charge on any atom is -0.480 e. The number of hydrogen-bond donors (Lipinski definition) is 1. The summed E-state index contributed by atoms with van der Waals surface area (Å²) in [5.74, 6) is -1.61. The quantitative estimate of drug-likeness (QED) is 0.636. The Morgan fingerprint density at radius 1 is 1.29 bits per heavy atom. The topological polar surface area (TPSA) is 57.6 Å². The normalized spacial score (nSPS) is 18.6. The van der Waals surface area contributed by atoms with Crippen molar-refractivity contribution in [2.75, 3.05) is 0 Å². The number of rotatable bonds is 5. The van der Waals surface area contributed by atoms with Gasteiger partial charge in [-0.05, 0) is 30.1 Å². The van der Waals surface area contributed by atoms with Crippen LogP contribution in [0, 0.1) is 5.92 Å². The van der Waals surface area contributed by atoms with Crippen molar-refractivity contribution < 1.29 is 14.7 Å². The molecule has 1 saturated heterocycles. The van der Waals surface area contributed by atoms with Gasteiger partial charge in [0.2, 0.25) is 0 Å². The summed E-state index contributed by atoms with van der Waals surface area (Å²) in [6.45, 7) is 5.43. The lowest BCUT2D eigenvalue weighted by molar-refractivity contribution is -0.146. The molecular weight excluding hydrogens is 342 g/mol. The van der Waals surface area contributed by atoms with E-state index in [-0.39, 0.29) is 11.8 Å². The van der Waals surface area contributed by atoms with Crippen LogP contribution >= 0.6 is 24.0 Å². The number of aliphatic carboxylic acids is 1. The van der Waals surface area contributed by atoms with E-state index in [4.69, 9.17) is 12.2 Å². The van der Waals surface area contributed by atoms with Gasteiger partial charge in [0, 0.05) is 0 Å². The number of carbonyl (C=O) groups is 2. The first-order chi connectivity index (χ1) is 11.3. The summed E-state index contributed by atoms with van der Waals surface area (Å²) >= 11 is 6.38. The molecule has 2 rings (SSSR count). The first kappa shape index (κ1) is 18.4. The Kier molecular flexibility index (Phi) is 5.96. The standard InChI is InChI=1S/C18H19NO3S2/c1-11(2)15(17(21)22)19-16(20)14(24-18(19)23)10-12(3)9-13-7-5-4-6-8-13/h4-11,15H,1-3H3,(H,21,22)/b12-9+,14-10+. The third-order valence-corrected chi connectivity index (χ3v) is 4.87. The zero-order valence-corrected chi connectivity index (χ0v) is 15.4. The second-order valence-electron chi connectivity index (χ2n) is 5.88. The SMILES string of the molecule is CC(=C\c1ccccc1)/C=C1/SC(=S)N(C(C(=O)O)C(C)C)C1=O. The van der Waals surface area contributed by atoms with Gasteiger partial charge in [-0.2, -0.15) is 0 Å². The molecule has 24 heavy (non-hydrogen) atoms. The molecule has 0 aromatic heterocycles. The Bertz CT molecular complexity index is 723. The van der Waals surface area contributed by atoms with E-state index in [0.717, 1.165) is 22.9 Å². The first-order valence-electron chi connectivity index (χ1n) is 7.54. The van der Waals surface area contributed by atoms with E-state index in [9.17, 15) is 14.7 Å². The molecule has 1 aromatic rings. The average molecular weight is 361 g/mol. The van der Waals surface area contributed by atoms with E-state index in [2.05, 4.69) is 0 Å². The fraction of sp³-hybridized carbons (Fsp3) is 0.278. The van der Waals surface area contributed by atoms with E-state index < -0.39 is 12.0 Å². The predicted molar refractivity (Wildman–Crippen MR) is 101 cm³/mol. The summed E-state index contributed by atoms with van der Waals surface area (Å²) in [6.07, 6.45) is 3.72. The highest BCUT2D eigenvalue weighted by atomic mass is 32.2. The highest BCUT2D eigenvalue weighted by molar-refractivity contribution is 8.26. The number of amides is 1. The molecule has 1 N–H and O–H groups in total. The molecule has 0 spiro atoms. The third-order valence-electron chi connectivity index (χ3n) is 3.54. The summed E-state index contributed by atoms with van der Waals surface area (Å²) in [6, 6.07) is 8.83. The fourth-order valence-corrected chi connectivity index (χ4v) is 3.85. The zero-order chi connectivity index (χ0) is 17.9. The Morgan fingerprint density at radius 3 is 2.46 bits per heavy atom. The van der Waals surface area contributed by atoms with Crippen LogP contribution in [0.5, 0.6) is 0 Å². The van der Waals surface area contributed by atoms with Crippen molar-refractivity contribution in [3.63, 3.8) is 0 Å². The largest absolute Gasteiger partial charge is 0.480 e. The van der Waals surface area contributed by atoms with Crippen molar-refractivity contribution in [2.45, 2.75) is 26.8 Å². The van der Waals surface area contributed by atoms with Gasteiger partial charge in [0.25, 0.3) is 5.91 Å². The van der Waals surface area contributed by atoms with Crippen LogP contribution in [-0.4, -0.2) is 32.2 Å². The molecule has 1 aromatic carbocycles. The molecule has 0 saturated carbocycles. The van der Waals surface area contributed by atoms with E-state index in [1.54, 1.807) is 19.9 Å². The van der Waals surface area contributed by atoms with Crippen molar-refractivity contribution in [3.05, 3.63) is 52.4 Å². The highest BCUT2D eigenvalue weighted by Gasteiger charge is 2.41. The maximum absolute atomic E-state index is 12.6. The van der Waals surface area contributed by atoms with Crippen LogP contribution in [0.1, 0.15) is 26.3 Å². The molecule has 1 unspecified atom stereocenters. The van der Waals surface area contributed by atoms with Crippen LogP contribution in [0.2, 0.25) is 0 Å². The number of carboxylic acid groups (broad SMARTS) is 1. The van der Waals surface area contributed by atoms with Gasteiger partial charge in [-0.1, -0.05) is 74.2 Å². The number of benzene rings is 1. The molecule has 1 amide bonds. The lowest BCUT2D eigenvalue weighted by atomic mass is 10.0. The molecule has 0 radical (unpaired) electrons. The van der Waals surface area contributed by atoms with Crippen molar-refractivity contribution in [1.29, 1.82) is 0 Å². The number of nitrogens with zero attached hydrogens (tertiary/aromatic N) is 1. The van der Waals surface area contributed by atoms with Crippen molar-refractivity contribution in [3.8, 4) is 0 Å². The molecule has 1 heterocycles. The fourth-order valence-electron chi connectivity index (χ4n) is 2.47. The van der Waals surface area contributed by atoms with Crippen LogP contribution < -0.4 is 0 Å². The number of hydrogen-bond acceptors (Lipinski definition) is 4. The number of carbonyl (C=O) groups excluding carboxylic acids is 1. The maximum Gasteiger partial charge on any atom is 0.327 e. The Balaban J connectivity index is 2.28. The summed E-state index contributed by atoms with van der Waals surface area (Å²) in [7, 11) is 0. The van der Waals surface area contributed by atoms with Gasteiger partial charge in [-0.3, -0.25) is 9.69 Å². The minimum absolute atomic E-state index is 0.231. The van der Waals surface area contributed by atoms with Crippen LogP contribution in [0.3, 0.4) is 0 Å². The van der Waals surface area contributed by atoms with Gasteiger partial charge in [0.1, 0.15) is 10.4 Å². The Morgan fingerprint density at radius 2 is 1.92 bits per heavy atom. The van der Waals surface area contributed by atoms with Gasteiger partial charge in [-0.25, -0.2) is 4.79 Å². The van der Waals surface area contributed by atoms with E-state index in [0.29, 0.717) is 9.23 Å². The highest BCUT2D eigenvalue weighted by Crippen LogP contribution is 2.35. The molecule has 1 atom stereocenters. The summed E-state index contributed by atoms with van der Waals surface area (Å²) in [5, 5.41) is 9.41. The molecule has 0 aliphatic carbocycles. The summed E-state index contributed by atoms with van der Waals surface area (Å²) in [5.41, 5.74) is 1.94. The summed E-state index contributed by atoms with van der Waals surface area (Å²) in [4.78, 5) is 25.8. The molecule has 6 heteroatoms. The van der Waals surface area contributed by atoms with Gasteiger partial charge in [0.05, 0.1) is 4.91 Å². The van der Waals surface area contributed by atoms with Gasteiger partial charge in [0.15, 0.2) is 0 Å². The van der Waals surface area contributed by atoms with E-state index in [1.807, 2.05) is 43.3 Å². The molecular formula is C18H19NO3S2. The van der Waals surface area contributed by atoms with Crippen LogP contribution in [0.15, 0.2) is 46.9 Å². The second-order valence-corrected chi connectivity index (χ2v) is 7.55. The molecule has 1 fully saturated rings. The lowest BCUT2D eigenvalue weighted by Gasteiger charge is -2.26. The van der Waals surface area contributed by atoms with Gasteiger partial charge < -0.3 is 5.11 Å². The second kappa shape index (κ2) is 7.77. The van der Waals surface area contributed by atoms with E-state index in [1.165, 1.54) is 4.90 Å². The van der Waals surface area contributed by atoms with Gasteiger partial charge in [-0.15, -0.1) is 0 Å². The van der Waals surface area contributed by atoms with Crippen molar-refractivity contribution in [1.82, 2.24) is 4.90 Å². The zero-order valence-electron chi connectivity index (χ0n) is 13.7. The van der Waals surface area contributed by atoms with Gasteiger partial charge >= 0.3 is 5.97 Å². The number of thiocarbonyl (C=S) groups is 1. The van der Waals surface area contributed by atoms with E-state index >= 15 is 0 Å². The molecule has 0 bridgehead atoms. The minimum atomic E-state index is -1.04. The molecule has 4 nitrogen and oxygen atoms in total. The lowest BCUT2D eigenvalue weighted by Crippen LogP contribution is -2.47. The third kappa shape index (κ3) is 4.13. The number of thioether (sulfide) groups is 1. The molecule has 1 aliphatic heterocycles. The van der Waals surface area contributed by atoms with Crippen molar-refractivity contribution >= 4 is 46.3 Å². The van der Waals surface area contributed by atoms with Crippen LogP contribution in [0.4, 0.5) is 0 Å². The molecule has 1 aliphatic rings. The Labute approximate surface area is 151 Å². The average Bonchev–Trinajstić information content (AvgIpc) is 2.75.